The average Bonchev–Trinajstić information content (AvgIpc) is 3.44. The average molecular weight is 591 g/mol. The van der Waals surface area contributed by atoms with Crippen LogP contribution in [0, 0.1) is 0 Å². The zero-order valence-electron chi connectivity index (χ0n) is 24.4. The second-order valence-corrected chi connectivity index (χ2v) is 13.1. The first-order valence-electron chi connectivity index (χ1n) is 14.5. The van der Waals surface area contributed by atoms with Gasteiger partial charge in [0.2, 0.25) is 16.0 Å². The van der Waals surface area contributed by atoms with Crippen LogP contribution in [-0.2, 0) is 14.8 Å². The minimum absolute atomic E-state index is 0.408. The molecule has 0 unspecified atom stereocenters. The Morgan fingerprint density at radius 1 is 1.02 bits per heavy atom. The quantitative estimate of drug-likeness (QED) is 0.309. The van der Waals surface area contributed by atoms with Crippen LogP contribution in [0.15, 0.2) is 60.8 Å². The molecule has 1 aliphatic carbocycles. The molecule has 2 fully saturated rings. The van der Waals surface area contributed by atoms with Crippen LogP contribution in [0.25, 0.3) is 16.8 Å². The molecule has 11 heteroatoms. The van der Waals surface area contributed by atoms with E-state index in [-0.39, 0.29) is 0 Å². The Bertz CT molecular complexity index is 1660. The number of hydrogen-bond acceptors (Lipinski definition) is 8. The lowest BCUT2D eigenvalue weighted by molar-refractivity contribution is 0.00729. The predicted molar refractivity (Wildman–Crippen MR) is 165 cm³/mol. The molecule has 0 atom stereocenters. The largest absolute Gasteiger partial charge is 0.495 e. The van der Waals surface area contributed by atoms with Gasteiger partial charge in [-0.25, -0.2) is 17.9 Å². The number of fused-ring (bicyclic) bond motifs is 1. The number of benzene rings is 2. The molecule has 1 N–H and O–H groups in total. The van der Waals surface area contributed by atoms with Crippen LogP contribution in [-0.4, -0.2) is 80.7 Å². The van der Waals surface area contributed by atoms with E-state index in [9.17, 15) is 8.42 Å². The summed E-state index contributed by atoms with van der Waals surface area (Å²) in [7, 11) is -0.204. The van der Waals surface area contributed by atoms with Crippen LogP contribution in [0.5, 0.6) is 5.75 Å². The fourth-order valence-corrected chi connectivity index (χ4v) is 6.73. The highest BCUT2D eigenvalue weighted by Crippen LogP contribution is 2.39. The zero-order chi connectivity index (χ0) is 29.3. The van der Waals surface area contributed by atoms with Gasteiger partial charge in [0.05, 0.1) is 55.4 Å². The number of nitrogens with one attached hydrogen (secondary N) is 1. The zero-order valence-corrected chi connectivity index (χ0v) is 25.2. The van der Waals surface area contributed by atoms with E-state index >= 15 is 0 Å². The number of methoxy groups -OCH3 is 1. The van der Waals surface area contributed by atoms with Crippen molar-refractivity contribution in [2.75, 3.05) is 56.3 Å². The number of nitrogens with zero attached hydrogens (tertiary/aromatic N) is 5. The molecule has 0 bridgehead atoms. The summed E-state index contributed by atoms with van der Waals surface area (Å²) in [6.45, 7) is 3.79. The molecule has 1 aliphatic heterocycles. The Labute approximate surface area is 247 Å². The van der Waals surface area contributed by atoms with Gasteiger partial charge in [-0.1, -0.05) is 24.3 Å². The predicted octanol–water partition coefficient (Wildman–Crippen LogP) is 4.90. The first-order valence-corrected chi connectivity index (χ1v) is 16.3. The molecule has 42 heavy (non-hydrogen) atoms. The van der Waals surface area contributed by atoms with Crippen LogP contribution in [0.3, 0.4) is 0 Å². The number of ether oxygens (including phenoxy) is 2. The number of aromatic nitrogens is 3. The van der Waals surface area contributed by atoms with Crippen LogP contribution >= 0.6 is 0 Å². The van der Waals surface area contributed by atoms with Crippen LogP contribution in [0.1, 0.15) is 37.2 Å². The summed E-state index contributed by atoms with van der Waals surface area (Å²) in [5, 5.41) is 8.10. The molecule has 1 saturated carbocycles. The van der Waals surface area contributed by atoms with Gasteiger partial charge >= 0.3 is 0 Å². The van der Waals surface area contributed by atoms with Gasteiger partial charge in [0.15, 0.2) is 0 Å². The number of para-hydroxylation sites is 1. The summed E-state index contributed by atoms with van der Waals surface area (Å²) in [4.78, 5) is 7.13. The summed E-state index contributed by atoms with van der Waals surface area (Å²) in [5.74, 6) is 1.68. The van der Waals surface area contributed by atoms with E-state index in [4.69, 9.17) is 14.6 Å². The Balaban J connectivity index is 1.22. The molecule has 10 nitrogen and oxygen atoms in total. The van der Waals surface area contributed by atoms with Crippen molar-refractivity contribution in [1.82, 2.24) is 19.5 Å². The number of rotatable bonds is 8. The number of sulfonamides is 1. The van der Waals surface area contributed by atoms with Crippen LogP contribution in [0.2, 0.25) is 0 Å². The smallest absolute Gasteiger partial charge is 0.245 e. The van der Waals surface area contributed by atoms with Gasteiger partial charge in [-0.2, -0.15) is 0 Å². The standard InChI is InChI=1S/C31H38N6O4S/c1-35(42(3,38)39)28-7-5-4-6-26(28)29-15-13-25-21-32-31(34-37(25)29)33-27-14-10-23(20-30(27)40-2)22-8-11-24(12-9-22)36-16-18-41-19-17-36/h4-7,10,13-15,20-22,24H,8-9,11-12,16-19H2,1-3H3,(H,33,34)/t22-,24+. The molecular weight excluding hydrogens is 552 g/mol. The van der Waals surface area contributed by atoms with Gasteiger partial charge in [-0.3, -0.25) is 9.21 Å². The number of hydrogen-bond donors (Lipinski definition) is 1. The fourth-order valence-electron chi connectivity index (χ4n) is 6.21. The van der Waals surface area contributed by atoms with Crippen molar-refractivity contribution in [3.8, 4) is 17.0 Å². The monoisotopic (exact) mass is 590 g/mol. The molecule has 2 aromatic heterocycles. The highest BCUT2D eigenvalue weighted by molar-refractivity contribution is 7.92. The minimum atomic E-state index is -3.44. The molecule has 3 heterocycles. The first-order chi connectivity index (χ1) is 20.3. The molecule has 0 spiro atoms. The first kappa shape index (κ1) is 28.4. The SMILES string of the molecule is COc1cc([C@H]2CC[C@@H](N3CCOCC3)CC2)ccc1Nc1ncc2ccc(-c3ccccc3N(C)S(C)(=O)=O)n2n1. The van der Waals surface area contributed by atoms with Gasteiger partial charge in [0, 0.05) is 31.7 Å². The second kappa shape index (κ2) is 11.9. The highest BCUT2D eigenvalue weighted by Gasteiger charge is 2.28. The summed E-state index contributed by atoms with van der Waals surface area (Å²) in [6.07, 6.45) is 7.70. The second-order valence-electron chi connectivity index (χ2n) is 11.1. The molecule has 0 radical (unpaired) electrons. The lowest BCUT2D eigenvalue weighted by atomic mass is 9.81. The third-order valence-electron chi connectivity index (χ3n) is 8.62. The van der Waals surface area contributed by atoms with Crippen molar-refractivity contribution < 1.29 is 17.9 Å². The maximum atomic E-state index is 12.3. The third kappa shape index (κ3) is 5.81. The lowest BCUT2D eigenvalue weighted by Crippen LogP contribution is -2.44. The molecule has 4 aromatic rings. The number of anilines is 3. The van der Waals surface area contributed by atoms with E-state index in [2.05, 4.69) is 27.3 Å². The van der Waals surface area contributed by atoms with E-state index in [1.54, 1.807) is 30.9 Å². The molecule has 2 aliphatic rings. The normalized spacial score (nSPS) is 20.0. The van der Waals surface area contributed by atoms with Gasteiger partial charge < -0.3 is 14.8 Å². The van der Waals surface area contributed by atoms with Crippen molar-refractivity contribution in [2.24, 2.45) is 0 Å². The Morgan fingerprint density at radius 2 is 1.79 bits per heavy atom. The highest BCUT2D eigenvalue weighted by atomic mass is 32.2. The molecule has 0 amide bonds. The van der Waals surface area contributed by atoms with Crippen LogP contribution < -0.4 is 14.4 Å². The van der Waals surface area contributed by atoms with Crippen molar-refractivity contribution in [3.63, 3.8) is 0 Å². The third-order valence-corrected chi connectivity index (χ3v) is 9.81. The Kier molecular flexibility index (Phi) is 8.06. The summed E-state index contributed by atoms with van der Waals surface area (Å²) >= 11 is 0. The van der Waals surface area contributed by atoms with E-state index < -0.39 is 10.0 Å². The molecular formula is C31H38N6O4S. The minimum Gasteiger partial charge on any atom is -0.495 e. The molecule has 222 valence electrons. The Hall–Kier alpha value is -3.67. The van der Waals surface area contributed by atoms with E-state index in [0.29, 0.717) is 23.6 Å². The fraction of sp³-hybridized carbons (Fsp3) is 0.419. The topological polar surface area (TPSA) is 101 Å². The maximum absolute atomic E-state index is 12.3. The Morgan fingerprint density at radius 3 is 2.52 bits per heavy atom. The molecule has 6 rings (SSSR count). The van der Waals surface area contributed by atoms with Gasteiger partial charge in [0.25, 0.3) is 0 Å². The lowest BCUT2D eigenvalue weighted by Gasteiger charge is -2.39. The summed E-state index contributed by atoms with van der Waals surface area (Å²) < 4.78 is 39.0. The van der Waals surface area contributed by atoms with Crippen molar-refractivity contribution >= 4 is 32.9 Å². The van der Waals surface area contributed by atoms with Crippen LogP contribution in [0.4, 0.5) is 17.3 Å². The van der Waals surface area contributed by atoms with E-state index in [1.165, 1.54) is 41.8 Å². The van der Waals surface area contributed by atoms with Gasteiger partial charge in [0.1, 0.15) is 5.75 Å². The summed E-state index contributed by atoms with van der Waals surface area (Å²) in [6, 6.07) is 18.3. The van der Waals surface area contributed by atoms with Gasteiger partial charge in [-0.05, 0) is 67.5 Å². The van der Waals surface area contributed by atoms with Crippen molar-refractivity contribution in [2.45, 2.75) is 37.6 Å². The van der Waals surface area contributed by atoms with Gasteiger partial charge in [-0.15, -0.1) is 5.10 Å². The van der Waals surface area contributed by atoms with E-state index in [1.807, 2.05) is 36.4 Å². The van der Waals surface area contributed by atoms with Crippen molar-refractivity contribution in [3.05, 3.63) is 66.4 Å². The van der Waals surface area contributed by atoms with Crippen molar-refractivity contribution in [1.29, 1.82) is 0 Å². The van der Waals surface area contributed by atoms with E-state index in [0.717, 1.165) is 54.5 Å². The molecule has 1 saturated heterocycles. The maximum Gasteiger partial charge on any atom is 0.245 e. The molecule has 2 aromatic carbocycles. The summed E-state index contributed by atoms with van der Waals surface area (Å²) in [5.41, 5.74) is 4.96. The number of morpholine rings is 1.